The molecule has 1 N–H and O–H groups in total. The van der Waals surface area contributed by atoms with Crippen LogP contribution in [0.4, 0.5) is 10.1 Å². The van der Waals surface area contributed by atoms with E-state index in [1.54, 1.807) is 6.07 Å². The Hall–Kier alpha value is -0.570. The van der Waals surface area contributed by atoms with E-state index in [9.17, 15) is 4.39 Å². The highest BCUT2D eigenvalue weighted by molar-refractivity contribution is 9.10. The van der Waals surface area contributed by atoms with Gasteiger partial charge in [-0.3, -0.25) is 0 Å². The molecule has 88 valence electrons. The Morgan fingerprint density at radius 3 is 2.75 bits per heavy atom. The van der Waals surface area contributed by atoms with E-state index < -0.39 is 0 Å². The van der Waals surface area contributed by atoms with Crippen molar-refractivity contribution in [2.24, 2.45) is 5.92 Å². The quantitative estimate of drug-likeness (QED) is 0.844. The summed E-state index contributed by atoms with van der Waals surface area (Å²) in [5, 5.41) is 3.53. The van der Waals surface area contributed by atoms with Gasteiger partial charge in [0, 0.05) is 11.7 Å². The van der Waals surface area contributed by atoms with E-state index in [1.807, 2.05) is 13.0 Å². The van der Waals surface area contributed by atoms with Gasteiger partial charge in [0.15, 0.2) is 0 Å². The molecule has 0 bridgehead atoms. The number of halogens is 2. The molecule has 2 unspecified atom stereocenters. The van der Waals surface area contributed by atoms with Gasteiger partial charge in [0.05, 0.1) is 4.47 Å². The molecular formula is C13H17BrFN. The van der Waals surface area contributed by atoms with Crippen molar-refractivity contribution < 1.29 is 4.39 Å². The topological polar surface area (TPSA) is 12.0 Å². The van der Waals surface area contributed by atoms with Crippen molar-refractivity contribution >= 4 is 21.6 Å². The van der Waals surface area contributed by atoms with E-state index in [0.717, 1.165) is 11.3 Å². The number of anilines is 1. The van der Waals surface area contributed by atoms with Crippen LogP contribution in [0.15, 0.2) is 16.6 Å². The lowest BCUT2D eigenvalue weighted by Gasteiger charge is -2.20. The third-order valence-corrected chi connectivity index (χ3v) is 4.08. The first-order valence-electron chi connectivity index (χ1n) is 5.80. The normalized spacial score (nSPS) is 24.8. The largest absolute Gasteiger partial charge is 0.382 e. The molecule has 0 aromatic heterocycles. The summed E-state index contributed by atoms with van der Waals surface area (Å²) in [6, 6.07) is 3.96. The van der Waals surface area contributed by atoms with Gasteiger partial charge >= 0.3 is 0 Å². The first kappa shape index (κ1) is 11.9. The molecule has 1 aliphatic carbocycles. The Morgan fingerprint density at radius 2 is 2.12 bits per heavy atom. The van der Waals surface area contributed by atoms with E-state index in [-0.39, 0.29) is 5.82 Å². The summed E-state index contributed by atoms with van der Waals surface area (Å²) in [7, 11) is 0. The Kier molecular flexibility index (Phi) is 3.53. The van der Waals surface area contributed by atoms with Crippen LogP contribution in [0.5, 0.6) is 0 Å². The van der Waals surface area contributed by atoms with Gasteiger partial charge in [-0.2, -0.15) is 0 Å². The first-order valence-corrected chi connectivity index (χ1v) is 6.59. The summed E-state index contributed by atoms with van der Waals surface area (Å²) in [6.07, 6.45) is 3.80. The standard InChI is InChI=1S/C13H17BrFN/c1-8-4-3-5-12(8)16-13-7-10(14)11(15)6-9(13)2/h6-8,12,16H,3-5H2,1-2H3. The monoisotopic (exact) mass is 285 g/mol. The van der Waals surface area contributed by atoms with Crippen molar-refractivity contribution in [3.63, 3.8) is 0 Å². The molecule has 1 saturated carbocycles. The Morgan fingerprint density at radius 1 is 1.38 bits per heavy atom. The zero-order valence-electron chi connectivity index (χ0n) is 9.69. The Labute approximate surface area is 105 Å². The summed E-state index contributed by atoms with van der Waals surface area (Å²) in [5.74, 6) is 0.519. The van der Waals surface area contributed by atoms with Crippen LogP contribution in [0.2, 0.25) is 0 Å². The molecule has 0 amide bonds. The summed E-state index contributed by atoms with van der Waals surface area (Å²) >= 11 is 3.23. The SMILES string of the molecule is Cc1cc(F)c(Br)cc1NC1CCCC1C. The molecule has 0 saturated heterocycles. The van der Waals surface area contributed by atoms with Crippen LogP contribution >= 0.6 is 15.9 Å². The van der Waals surface area contributed by atoms with Crippen LogP contribution < -0.4 is 5.32 Å². The van der Waals surface area contributed by atoms with Gasteiger partial charge in [-0.05, 0) is 59.3 Å². The fraction of sp³-hybridized carbons (Fsp3) is 0.538. The summed E-state index contributed by atoms with van der Waals surface area (Å²) < 4.78 is 13.8. The highest BCUT2D eigenvalue weighted by Gasteiger charge is 2.23. The Balaban J connectivity index is 2.18. The van der Waals surface area contributed by atoms with Gasteiger partial charge in [-0.1, -0.05) is 13.3 Å². The predicted octanol–water partition coefficient (Wildman–Crippen LogP) is 4.50. The molecule has 3 heteroatoms. The molecule has 1 aliphatic rings. The maximum absolute atomic E-state index is 13.3. The maximum atomic E-state index is 13.3. The summed E-state index contributed by atoms with van der Waals surface area (Å²) in [5.41, 5.74) is 2.02. The molecule has 0 aliphatic heterocycles. The van der Waals surface area contributed by atoms with Crippen LogP contribution in [0.1, 0.15) is 31.7 Å². The minimum Gasteiger partial charge on any atom is -0.382 e. The van der Waals surface area contributed by atoms with Crippen LogP contribution in [-0.2, 0) is 0 Å². The lowest BCUT2D eigenvalue weighted by molar-refractivity contribution is 0.555. The summed E-state index contributed by atoms with van der Waals surface area (Å²) in [4.78, 5) is 0. The molecule has 2 atom stereocenters. The molecule has 0 heterocycles. The van der Waals surface area contributed by atoms with Crippen molar-refractivity contribution in [2.45, 2.75) is 39.2 Å². The van der Waals surface area contributed by atoms with Crippen molar-refractivity contribution in [1.82, 2.24) is 0 Å². The van der Waals surface area contributed by atoms with Crippen LogP contribution in [0.25, 0.3) is 0 Å². The number of nitrogens with one attached hydrogen (secondary N) is 1. The van der Waals surface area contributed by atoms with Gasteiger partial charge in [0.1, 0.15) is 5.82 Å². The van der Waals surface area contributed by atoms with E-state index in [1.165, 1.54) is 19.3 Å². The molecule has 2 rings (SSSR count). The Bertz CT molecular complexity index is 392. The number of benzene rings is 1. The van der Waals surface area contributed by atoms with Crippen LogP contribution in [0.3, 0.4) is 0 Å². The molecule has 1 fully saturated rings. The smallest absolute Gasteiger partial charge is 0.137 e. The van der Waals surface area contributed by atoms with E-state index in [0.29, 0.717) is 16.4 Å². The summed E-state index contributed by atoms with van der Waals surface area (Å²) in [6.45, 7) is 4.22. The first-order chi connectivity index (χ1) is 7.58. The molecule has 0 radical (unpaired) electrons. The highest BCUT2D eigenvalue weighted by atomic mass is 79.9. The van der Waals surface area contributed by atoms with Crippen molar-refractivity contribution in [2.75, 3.05) is 5.32 Å². The van der Waals surface area contributed by atoms with Crippen LogP contribution in [-0.4, -0.2) is 6.04 Å². The third-order valence-electron chi connectivity index (χ3n) is 3.47. The maximum Gasteiger partial charge on any atom is 0.137 e. The van der Waals surface area contributed by atoms with Gasteiger partial charge in [-0.25, -0.2) is 4.39 Å². The van der Waals surface area contributed by atoms with Crippen molar-refractivity contribution in [3.05, 3.63) is 28.0 Å². The van der Waals surface area contributed by atoms with E-state index in [4.69, 9.17) is 0 Å². The van der Waals surface area contributed by atoms with Crippen molar-refractivity contribution in [3.8, 4) is 0 Å². The van der Waals surface area contributed by atoms with Gasteiger partial charge in [0.2, 0.25) is 0 Å². The molecule has 16 heavy (non-hydrogen) atoms. The van der Waals surface area contributed by atoms with Crippen LogP contribution in [0, 0.1) is 18.7 Å². The molecule has 1 aromatic carbocycles. The van der Waals surface area contributed by atoms with Gasteiger partial charge < -0.3 is 5.32 Å². The fourth-order valence-corrected chi connectivity index (χ4v) is 2.70. The average molecular weight is 286 g/mol. The lowest BCUT2D eigenvalue weighted by atomic mass is 10.1. The third kappa shape index (κ3) is 2.40. The second-order valence-corrected chi connectivity index (χ2v) is 5.59. The zero-order valence-corrected chi connectivity index (χ0v) is 11.3. The molecular weight excluding hydrogens is 269 g/mol. The minimum absolute atomic E-state index is 0.192. The van der Waals surface area contributed by atoms with Gasteiger partial charge in [0.25, 0.3) is 0 Å². The van der Waals surface area contributed by atoms with E-state index >= 15 is 0 Å². The number of rotatable bonds is 2. The number of hydrogen-bond donors (Lipinski definition) is 1. The van der Waals surface area contributed by atoms with Gasteiger partial charge in [-0.15, -0.1) is 0 Å². The lowest BCUT2D eigenvalue weighted by Crippen LogP contribution is -2.22. The average Bonchev–Trinajstić information content (AvgIpc) is 2.61. The second kappa shape index (κ2) is 4.74. The number of hydrogen-bond acceptors (Lipinski definition) is 1. The zero-order chi connectivity index (χ0) is 11.7. The fourth-order valence-electron chi connectivity index (χ4n) is 2.36. The minimum atomic E-state index is -0.192. The number of aryl methyl sites for hydroxylation is 1. The predicted molar refractivity (Wildman–Crippen MR) is 69.3 cm³/mol. The van der Waals surface area contributed by atoms with E-state index in [2.05, 4.69) is 28.2 Å². The molecule has 0 spiro atoms. The second-order valence-electron chi connectivity index (χ2n) is 4.74. The molecule has 1 nitrogen and oxygen atoms in total. The molecule has 1 aromatic rings. The highest BCUT2D eigenvalue weighted by Crippen LogP contribution is 2.31. The van der Waals surface area contributed by atoms with Crippen molar-refractivity contribution in [1.29, 1.82) is 0 Å².